The van der Waals surface area contributed by atoms with Crippen LogP contribution in [0.4, 0.5) is 4.79 Å². The number of carbonyl (C=O) groups is 1. The van der Waals surface area contributed by atoms with E-state index >= 15 is 0 Å². The van der Waals surface area contributed by atoms with Gasteiger partial charge in [-0.1, -0.05) is 18.2 Å². The topological polar surface area (TPSA) is 102 Å². The van der Waals surface area contributed by atoms with Gasteiger partial charge in [0.05, 0.1) is 0 Å². The van der Waals surface area contributed by atoms with Crippen LogP contribution in [-0.4, -0.2) is 67.9 Å². The average molecular weight is 370 g/mol. The summed E-state index contributed by atoms with van der Waals surface area (Å²) in [7, 11) is 3.29. The molecule has 0 saturated carbocycles. The second-order valence-electron chi connectivity index (χ2n) is 6.11. The van der Waals surface area contributed by atoms with E-state index in [1.54, 1.807) is 14.1 Å². The van der Waals surface area contributed by atoms with Gasteiger partial charge < -0.3 is 10.2 Å². The summed E-state index contributed by atoms with van der Waals surface area (Å²) in [6, 6.07) is 9.25. The first kappa shape index (κ1) is 16.6. The Morgan fingerprint density at radius 2 is 1.92 bits per heavy atom. The molecule has 2 amide bonds. The van der Waals surface area contributed by atoms with Crippen molar-refractivity contribution in [2.75, 3.05) is 14.1 Å². The predicted octanol–water partition coefficient (Wildman–Crippen LogP) is 1.30. The van der Waals surface area contributed by atoms with Gasteiger partial charge in [-0.25, -0.2) is 9.79 Å². The lowest BCUT2D eigenvalue weighted by molar-refractivity contribution is 0.158. The number of fused-ring (bicyclic) bond motifs is 1. The summed E-state index contributed by atoms with van der Waals surface area (Å²) in [4.78, 5) is 19.6. The van der Waals surface area contributed by atoms with Crippen LogP contribution in [0.1, 0.15) is 5.82 Å². The van der Waals surface area contributed by atoms with Gasteiger partial charge in [-0.2, -0.15) is 0 Å². The molecule has 0 bridgehead atoms. The minimum atomic E-state index is -0.428. The predicted molar refractivity (Wildman–Crippen MR) is 98.7 cm³/mol. The summed E-state index contributed by atoms with van der Waals surface area (Å²) in [5.41, 5.74) is 0.966. The van der Waals surface area contributed by atoms with Crippen molar-refractivity contribution in [1.82, 2.24) is 29.9 Å². The number of nitrogens with zero attached hydrogens (tertiary/aromatic N) is 6. The number of aryl methyl sites for hydroxylation is 1. The number of thioether (sulfide) groups is 1. The van der Waals surface area contributed by atoms with Gasteiger partial charge >= 0.3 is 6.03 Å². The largest absolute Gasteiger partial charge is 0.351 e. The van der Waals surface area contributed by atoms with Gasteiger partial charge in [0.25, 0.3) is 0 Å². The lowest BCUT2D eigenvalue weighted by atomic mass is 10.1. The summed E-state index contributed by atoms with van der Waals surface area (Å²) >= 11 is 1.34. The van der Waals surface area contributed by atoms with E-state index in [0.717, 1.165) is 11.5 Å². The van der Waals surface area contributed by atoms with E-state index in [0.29, 0.717) is 10.3 Å². The Kier molecular flexibility index (Phi) is 3.91. The number of nitrogens with one attached hydrogen (secondary N) is 2. The molecule has 2 N–H and O–H groups in total. The molecule has 0 spiro atoms. The van der Waals surface area contributed by atoms with E-state index < -0.39 is 6.17 Å². The van der Waals surface area contributed by atoms with Gasteiger partial charge in [-0.05, 0) is 30.8 Å². The number of hydrogen-bond acceptors (Lipinski definition) is 7. The second-order valence-corrected chi connectivity index (χ2v) is 7.07. The molecule has 10 heteroatoms. The maximum atomic E-state index is 12.2. The van der Waals surface area contributed by atoms with Crippen molar-refractivity contribution in [3.8, 4) is 5.69 Å². The van der Waals surface area contributed by atoms with Gasteiger partial charge in [-0.3, -0.25) is 14.9 Å². The van der Waals surface area contributed by atoms with E-state index in [-0.39, 0.29) is 17.9 Å². The fraction of sp³-hybridized carbons (Fsp3) is 0.312. The molecule has 4 rings (SSSR count). The van der Waals surface area contributed by atoms with Crippen LogP contribution in [0.3, 0.4) is 0 Å². The highest BCUT2D eigenvalue weighted by molar-refractivity contribution is 8.13. The first-order valence-corrected chi connectivity index (χ1v) is 8.87. The fourth-order valence-electron chi connectivity index (χ4n) is 3.05. The maximum absolute atomic E-state index is 12.2. The summed E-state index contributed by atoms with van der Waals surface area (Å²) in [6.07, 6.45) is -0.428. The van der Waals surface area contributed by atoms with Crippen molar-refractivity contribution >= 4 is 28.8 Å². The normalized spacial score (nSPS) is 22.3. The zero-order valence-corrected chi connectivity index (χ0v) is 15.4. The molecule has 134 valence electrons. The van der Waals surface area contributed by atoms with E-state index in [1.165, 1.54) is 21.6 Å². The SMILES string of the molecule is Cc1nnc(SC2=N[C@H]3[C@@H](N2)C(=N)N(C)C(=O)N3C)n1-c1ccccc1. The average Bonchev–Trinajstić information content (AvgIpc) is 3.23. The third kappa shape index (κ3) is 2.53. The smallest absolute Gasteiger partial charge is 0.326 e. The maximum Gasteiger partial charge on any atom is 0.326 e. The van der Waals surface area contributed by atoms with E-state index in [9.17, 15) is 4.79 Å². The van der Waals surface area contributed by atoms with E-state index in [4.69, 9.17) is 5.41 Å². The van der Waals surface area contributed by atoms with Crippen molar-refractivity contribution in [2.45, 2.75) is 24.3 Å². The van der Waals surface area contributed by atoms with Gasteiger partial charge in [0, 0.05) is 19.8 Å². The number of rotatable bonds is 2. The number of para-hydroxylation sites is 1. The van der Waals surface area contributed by atoms with Crippen LogP contribution < -0.4 is 5.32 Å². The van der Waals surface area contributed by atoms with Crippen LogP contribution in [0.5, 0.6) is 0 Å². The minimum absolute atomic E-state index is 0.207. The van der Waals surface area contributed by atoms with E-state index in [2.05, 4.69) is 20.5 Å². The van der Waals surface area contributed by atoms with Crippen molar-refractivity contribution < 1.29 is 4.79 Å². The highest BCUT2D eigenvalue weighted by Gasteiger charge is 2.45. The highest BCUT2D eigenvalue weighted by atomic mass is 32.2. The Morgan fingerprint density at radius 3 is 2.65 bits per heavy atom. The number of carbonyl (C=O) groups excluding carboxylic acids is 1. The van der Waals surface area contributed by atoms with Crippen molar-refractivity contribution in [3.05, 3.63) is 36.2 Å². The molecule has 2 aliphatic heterocycles. The van der Waals surface area contributed by atoms with Gasteiger partial charge in [0.15, 0.2) is 11.3 Å². The summed E-state index contributed by atoms with van der Waals surface area (Å²) < 4.78 is 1.95. The second kappa shape index (κ2) is 6.13. The number of amidine groups is 2. The molecule has 1 aromatic heterocycles. The van der Waals surface area contributed by atoms with Crippen LogP contribution in [0.25, 0.3) is 5.69 Å². The van der Waals surface area contributed by atoms with Gasteiger partial charge in [0.2, 0.25) is 5.16 Å². The molecule has 1 saturated heterocycles. The molecule has 0 radical (unpaired) electrons. The number of likely N-dealkylation sites (N-methyl/N-ethyl adjacent to an activating group) is 2. The fourth-order valence-corrected chi connectivity index (χ4v) is 3.98. The van der Waals surface area contributed by atoms with Crippen molar-refractivity contribution in [1.29, 1.82) is 5.41 Å². The molecule has 1 aromatic carbocycles. The number of aliphatic imine (C=N–C) groups is 1. The van der Waals surface area contributed by atoms with Gasteiger partial charge in [-0.15, -0.1) is 10.2 Å². The summed E-state index contributed by atoms with van der Waals surface area (Å²) in [6.45, 7) is 1.89. The lowest BCUT2D eigenvalue weighted by Gasteiger charge is -2.38. The molecule has 26 heavy (non-hydrogen) atoms. The zero-order chi connectivity index (χ0) is 18.4. The monoisotopic (exact) mass is 370 g/mol. The van der Waals surface area contributed by atoms with Crippen LogP contribution in [-0.2, 0) is 0 Å². The molecule has 0 unspecified atom stereocenters. The first-order chi connectivity index (χ1) is 12.5. The molecule has 0 aliphatic carbocycles. The number of aromatic nitrogens is 3. The Balaban J connectivity index is 1.62. The Labute approximate surface area is 154 Å². The Morgan fingerprint density at radius 1 is 1.19 bits per heavy atom. The summed E-state index contributed by atoms with van der Waals surface area (Å²) in [5, 5.41) is 21.1. The standard InChI is InChI=1S/C16H18N8OS/c1-9-20-21-15(24(9)10-7-5-4-6-8-10)26-14-18-11-12(17)22(2)16(25)23(3)13(11)19-14/h4-8,11,13,17H,1-3H3,(H,18,19)/t11-,13+/m0/s1. The lowest BCUT2D eigenvalue weighted by Crippen LogP contribution is -2.62. The number of amides is 2. The molecular formula is C16H18N8OS. The third-order valence-electron chi connectivity index (χ3n) is 4.47. The molecular weight excluding hydrogens is 352 g/mol. The molecule has 9 nitrogen and oxygen atoms in total. The molecule has 1 fully saturated rings. The van der Waals surface area contributed by atoms with Crippen molar-refractivity contribution in [2.24, 2.45) is 4.99 Å². The van der Waals surface area contributed by atoms with Crippen LogP contribution in [0, 0.1) is 12.3 Å². The van der Waals surface area contributed by atoms with Crippen LogP contribution in [0.15, 0.2) is 40.5 Å². The zero-order valence-electron chi connectivity index (χ0n) is 14.5. The molecule has 3 heterocycles. The minimum Gasteiger partial charge on any atom is -0.351 e. The summed E-state index contributed by atoms with van der Waals surface area (Å²) in [5.74, 6) is 0.979. The van der Waals surface area contributed by atoms with Crippen LogP contribution in [0.2, 0.25) is 0 Å². The Bertz CT molecular complexity index is 908. The molecule has 2 aliphatic rings. The first-order valence-electron chi connectivity index (χ1n) is 8.06. The van der Waals surface area contributed by atoms with Crippen LogP contribution >= 0.6 is 11.8 Å². The quantitative estimate of drug-likeness (QED) is 0.829. The number of hydrogen-bond donors (Lipinski definition) is 2. The number of benzene rings is 1. The van der Waals surface area contributed by atoms with E-state index in [1.807, 2.05) is 41.8 Å². The molecule has 2 atom stereocenters. The highest BCUT2D eigenvalue weighted by Crippen LogP contribution is 2.28. The Hall–Kier alpha value is -2.88. The number of urea groups is 1. The van der Waals surface area contributed by atoms with Gasteiger partial charge in [0.1, 0.15) is 17.7 Å². The van der Waals surface area contributed by atoms with Crippen molar-refractivity contribution in [3.63, 3.8) is 0 Å². The third-order valence-corrected chi connectivity index (χ3v) is 5.33. The molecule has 2 aromatic rings.